The highest BCUT2D eigenvalue weighted by molar-refractivity contribution is 7.48. The zero-order valence-corrected chi connectivity index (χ0v) is 30.5. The van der Waals surface area contributed by atoms with Crippen LogP contribution in [0.3, 0.4) is 0 Å². The van der Waals surface area contributed by atoms with Crippen molar-refractivity contribution >= 4 is 42.8 Å². The quantitative estimate of drug-likeness (QED) is 0.0601. The minimum atomic E-state index is -1.41. The lowest BCUT2D eigenvalue weighted by atomic mass is 10.00. The lowest BCUT2D eigenvalue weighted by Crippen LogP contribution is -2.27. The molecule has 4 atom stereocenters. The molecule has 16 heteroatoms. The number of carbonyl (C=O) groups is 1. The Labute approximate surface area is 303 Å². The van der Waals surface area contributed by atoms with E-state index in [1.165, 1.54) is 13.3 Å². The summed E-state index contributed by atoms with van der Waals surface area (Å²) in [5.41, 5.74) is 2.13. The van der Waals surface area contributed by atoms with Crippen LogP contribution in [0.15, 0.2) is 64.1 Å². The van der Waals surface area contributed by atoms with Crippen molar-refractivity contribution in [1.29, 1.82) is 0 Å². The SMILES string of the molecule is [2H]C[C@H]1O[C@@H](n2cnc3c(=O)[nH]c(Nc4cc(-c5nnc(-c6ccccc6)o5)ccc4NC(C)=O)nc32)C[C@H]1OP(OCC[N+]#[C-])C(C(C)C)C(C)C. The molecule has 6 rings (SSSR count). The third-order valence-electron chi connectivity index (χ3n) is 8.47. The fourth-order valence-electron chi connectivity index (χ4n) is 6.18. The van der Waals surface area contributed by atoms with Crippen molar-refractivity contribution in [2.45, 2.75) is 72.0 Å². The van der Waals surface area contributed by atoms with Gasteiger partial charge in [-0.15, -0.1) is 10.2 Å². The lowest BCUT2D eigenvalue weighted by Gasteiger charge is -2.33. The molecule has 0 aliphatic carbocycles. The predicted molar refractivity (Wildman–Crippen MR) is 198 cm³/mol. The molecule has 0 spiro atoms. The summed E-state index contributed by atoms with van der Waals surface area (Å²) in [6.07, 6.45) is 0.192. The first-order valence-corrected chi connectivity index (χ1v) is 18.2. The minimum Gasteiger partial charge on any atom is -0.416 e. The van der Waals surface area contributed by atoms with Crippen LogP contribution >= 0.6 is 8.38 Å². The van der Waals surface area contributed by atoms with Crippen molar-refractivity contribution in [1.82, 2.24) is 29.7 Å². The molecule has 15 nitrogen and oxygen atoms in total. The highest BCUT2D eigenvalue weighted by atomic mass is 31.2. The maximum atomic E-state index is 13.3. The molecular formula is C36H42N9O6P. The highest BCUT2D eigenvalue weighted by Gasteiger charge is 2.40. The summed E-state index contributed by atoms with van der Waals surface area (Å²) >= 11 is 0. The third-order valence-corrected chi connectivity index (χ3v) is 11.1. The first kappa shape index (κ1) is 35.4. The molecule has 1 aliphatic rings. The number of hydrogen-bond acceptors (Lipinski definition) is 11. The standard InChI is InChI=1S/C36H42N9O6P/c1-20(2)31(21(3)4)52(48-16-15-37-7)51-28-18-29(49-22(28)5)45-19-38-30-32(45)41-36(42-33(30)47)40-27-17-25(13-14-26(27)39-23(6)46)35-44-43-34(50-35)24-11-9-8-10-12-24/h8-14,17,19-22,28-29,31H,15-16,18H2,1-6H3,(H,39,46)(H2,40,41,42,47)/t22-,28-,29-,52?/m1/s1/i5D. The van der Waals surface area contributed by atoms with Crippen LogP contribution in [0.2, 0.25) is 0 Å². The number of amides is 1. The Balaban J connectivity index is 1.28. The van der Waals surface area contributed by atoms with E-state index < -0.39 is 32.4 Å². The number of H-pyrrole nitrogens is 1. The largest absolute Gasteiger partial charge is 0.416 e. The molecule has 2 aromatic carbocycles. The van der Waals surface area contributed by atoms with Gasteiger partial charge in [-0.25, -0.2) is 11.6 Å². The number of imidazole rings is 1. The second kappa shape index (κ2) is 16.1. The number of aromatic amines is 1. The summed E-state index contributed by atoms with van der Waals surface area (Å²) in [5, 5.41) is 14.3. The average molecular weight is 729 g/mol. The van der Waals surface area contributed by atoms with Gasteiger partial charge in [0.25, 0.3) is 5.56 Å². The third kappa shape index (κ3) is 8.21. The van der Waals surface area contributed by atoms with Gasteiger partial charge in [0.05, 0.1) is 29.9 Å². The molecule has 0 saturated carbocycles. The molecule has 0 radical (unpaired) electrons. The molecule has 1 fully saturated rings. The number of aromatic nitrogens is 6. The van der Waals surface area contributed by atoms with Crippen molar-refractivity contribution in [2.24, 2.45) is 11.8 Å². The maximum Gasteiger partial charge on any atom is 0.280 e. The molecule has 3 aromatic heterocycles. The number of anilines is 3. The van der Waals surface area contributed by atoms with Crippen molar-refractivity contribution in [3.05, 3.63) is 76.6 Å². The molecule has 1 aliphatic heterocycles. The fourth-order valence-corrected chi connectivity index (χ4v) is 8.28. The van der Waals surface area contributed by atoms with Crippen LogP contribution in [-0.2, 0) is 18.6 Å². The van der Waals surface area contributed by atoms with Crippen LogP contribution in [0.1, 0.15) is 55.5 Å². The van der Waals surface area contributed by atoms with Crippen LogP contribution in [0.5, 0.6) is 0 Å². The number of nitrogens with zero attached hydrogens (tertiary/aromatic N) is 6. The van der Waals surface area contributed by atoms with Gasteiger partial charge in [0.15, 0.2) is 19.5 Å². The van der Waals surface area contributed by atoms with Gasteiger partial charge < -0.3 is 33.7 Å². The number of fused-ring (bicyclic) bond motifs is 1. The lowest BCUT2D eigenvalue weighted by molar-refractivity contribution is -0.114. The molecule has 0 bridgehead atoms. The highest BCUT2D eigenvalue weighted by Crippen LogP contribution is 2.53. The molecule has 1 saturated heterocycles. The Bertz CT molecular complexity index is 2120. The van der Waals surface area contributed by atoms with Gasteiger partial charge in [-0.1, -0.05) is 45.9 Å². The molecule has 1 unspecified atom stereocenters. The van der Waals surface area contributed by atoms with Crippen LogP contribution in [0.4, 0.5) is 17.3 Å². The van der Waals surface area contributed by atoms with Crippen molar-refractivity contribution < 1.29 is 24.4 Å². The van der Waals surface area contributed by atoms with E-state index in [-0.39, 0.29) is 66.5 Å². The molecule has 5 aromatic rings. The van der Waals surface area contributed by atoms with Crippen LogP contribution in [0.25, 0.3) is 38.9 Å². The summed E-state index contributed by atoms with van der Waals surface area (Å²) < 4.78 is 35.0. The minimum absolute atomic E-state index is 0.0526. The molecular weight excluding hydrogens is 685 g/mol. The number of nitrogens with one attached hydrogen (secondary N) is 3. The Kier molecular flexibility index (Phi) is 11.0. The number of carbonyl (C=O) groups excluding carboxylic acids is 1. The Morgan fingerprint density at radius 1 is 1.13 bits per heavy atom. The van der Waals surface area contributed by atoms with Gasteiger partial charge in [0.1, 0.15) is 12.8 Å². The van der Waals surface area contributed by atoms with Crippen LogP contribution < -0.4 is 16.2 Å². The van der Waals surface area contributed by atoms with E-state index in [1.54, 1.807) is 22.8 Å². The maximum absolute atomic E-state index is 13.3. The van der Waals surface area contributed by atoms with Gasteiger partial charge in [-0.2, -0.15) is 4.98 Å². The van der Waals surface area contributed by atoms with E-state index in [1.807, 2.05) is 30.3 Å². The molecule has 3 N–H and O–H groups in total. The normalized spacial score (nSPS) is 18.2. The molecule has 4 heterocycles. The van der Waals surface area contributed by atoms with Crippen molar-refractivity contribution in [2.75, 3.05) is 23.8 Å². The number of rotatable bonds is 14. The smallest absolute Gasteiger partial charge is 0.280 e. The number of ether oxygens (including phenoxy) is 1. The number of hydrogen-bond donors (Lipinski definition) is 3. The summed E-state index contributed by atoms with van der Waals surface area (Å²) in [7, 11) is -1.41. The van der Waals surface area contributed by atoms with Crippen molar-refractivity contribution in [3.8, 4) is 22.9 Å². The van der Waals surface area contributed by atoms with Gasteiger partial charge >= 0.3 is 0 Å². The van der Waals surface area contributed by atoms with Gasteiger partial charge in [-0.05, 0) is 49.1 Å². The van der Waals surface area contributed by atoms with E-state index in [0.717, 1.165) is 5.56 Å². The summed E-state index contributed by atoms with van der Waals surface area (Å²) in [5.74, 6) is 0.929. The first-order chi connectivity index (χ1) is 25.6. The zero-order chi connectivity index (χ0) is 37.6. The van der Waals surface area contributed by atoms with E-state index in [2.05, 4.69) is 63.3 Å². The summed E-state index contributed by atoms with van der Waals surface area (Å²) in [4.78, 5) is 40.6. The van der Waals surface area contributed by atoms with Gasteiger partial charge in [0, 0.05) is 31.5 Å². The second-order valence-electron chi connectivity index (χ2n) is 13.1. The summed E-state index contributed by atoms with van der Waals surface area (Å²) in [6.45, 7) is 17.5. The molecule has 52 heavy (non-hydrogen) atoms. The Morgan fingerprint density at radius 2 is 1.88 bits per heavy atom. The van der Waals surface area contributed by atoms with E-state index >= 15 is 0 Å². The molecule has 272 valence electrons. The summed E-state index contributed by atoms with van der Waals surface area (Å²) in [6, 6.07) is 14.5. The van der Waals surface area contributed by atoms with Gasteiger partial charge in [0.2, 0.25) is 30.2 Å². The number of benzene rings is 2. The van der Waals surface area contributed by atoms with Crippen LogP contribution in [-0.4, -0.2) is 66.6 Å². The van der Waals surface area contributed by atoms with Gasteiger partial charge in [-0.3, -0.25) is 19.1 Å². The van der Waals surface area contributed by atoms with E-state index in [9.17, 15) is 9.59 Å². The average Bonchev–Trinajstić information content (AvgIpc) is 3.88. The molecule has 1 amide bonds. The first-order valence-electron chi connectivity index (χ1n) is 17.7. The fraction of sp³-hybridized carbons (Fsp3) is 0.417. The van der Waals surface area contributed by atoms with Crippen LogP contribution in [0, 0.1) is 18.4 Å². The Hall–Kier alpha value is -5.00. The second-order valence-corrected chi connectivity index (χ2v) is 14.7. The van der Waals surface area contributed by atoms with E-state index in [0.29, 0.717) is 29.2 Å². The predicted octanol–water partition coefficient (Wildman–Crippen LogP) is 7.16. The zero-order valence-electron chi connectivity index (χ0n) is 30.6. The Morgan fingerprint density at radius 3 is 2.58 bits per heavy atom. The van der Waals surface area contributed by atoms with Crippen molar-refractivity contribution in [3.63, 3.8) is 0 Å². The monoisotopic (exact) mass is 728 g/mol. The van der Waals surface area contributed by atoms with E-state index in [4.69, 9.17) is 31.1 Å². The topological polar surface area (TPSA) is 176 Å².